The fraction of sp³-hybridized carbons (Fsp3) is 0.182. The molecule has 6 nitrogen and oxygen atoms in total. The summed E-state index contributed by atoms with van der Waals surface area (Å²) in [5.74, 6) is 0. The predicted octanol–water partition coefficient (Wildman–Crippen LogP) is 1.19. The van der Waals surface area contributed by atoms with Crippen LogP contribution in [0.5, 0.6) is 0 Å². The molecule has 0 bridgehead atoms. The molecule has 0 aliphatic rings. The molecular weight excluding hydrogens is 254 g/mol. The summed E-state index contributed by atoms with van der Waals surface area (Å²) in [6.07, 6.45) is 1.39. The molecule has 0 saturated carbocycles. The van der Waals surface area contributed by atoms with Crippen molar-refractivity contribution in [1.82, 2.24) is 9.88 Å². The Bertz CT molecular complexity index is 591. The zero-order valence-corrected chi connectivity index (χ0v) is 10.6. The van der Waals surface area contributed by atoms with E-state index in [1.807, 2.05) is 0 Å². The number of sulfonamides is 1. The predicted molar refractivity (Wildman–Crippen MR) is 66.5 cm³/mol. The fourth-order valence-electron chi connectivity index (χ4n) is 1.38. The molecule has 7 heteroatoms. The van der Waals surface area contributed by atoms with Crippen LogP contribution in [0.1, 0.15) is 5.69 Å². The third kappa shape index (κ3) is 2.88. The fourth-order valence-corrected chi connectivity index (χ4v) is 2.38. The molecule has 0 fully saturated rings. The van der Waals surface area contributed by atoms with Crippen molar-refractivity contribution in [3.63, 3.8) is 0 Å². The average Bonchev–Trinajstić information content (AvgIpc) is 2.90. The summed E-state index contributed by atoms with van der Waals surface area (Å²) in [5, 5.41) is 6.55. The second-order valence-electron chi connectivity index (χ2n) is 3.59. The van der Waals surface area contributed by atoms with Crippen LogP contribution < -0.4 is 10.0 Å². The van der Waals surface area contributed by atoms with E-state index in [0.29, 0.717) is 5.69 Å². The monoisotopic (exact) mass is 267 g/mol. The lowest BCUT2D eigenvalue weighted by atomic mass is 10.3. The molecular formula is C11H13N3O3S. The standard InChI is InChI=1S/C11H13N3O3S/c1-12-9-2-4-11(5-3-9)18(15,16)13-8-10-6-7-17-14-10/h2-7,12-13H,8H2,1H3. The highest BCUT2D eigenvalue weighted by Gasteiger charge is 2.13. The third-order valence-corrected chi connectivity index (χ3v) is 3.80. The van der Waals surface area contributed by atoms with Gasteiger partial charge in [0, 0.05) is 18.8 Å². The van der Waals surface area contributed by atoms with Crippen molar-refractivity contribution in [2.45, 2.75) is 11.4 Å². The number of aromatic nitrogens is 1. The second-order valence-corrected chi connectivity index (χ2v) is 5.36. The summed E-state index contributed by atoms with van der Waals surface area (Å²) < 4.78 is 30.9. The summed E-state index contributed by atoms with van der Waals surface area (Å²) in [7, 11) is -1.75. The minimum absolute atomic E-state index is 0.104. The van der Waals surface area contributed by atoms with Crippen LogP contribution in [0.4, 0.5) is 5.69 Å². The van der Waals surface area contributed by atoms with Gasteiger partial charge in [0.1, 0.15) is 6.26 Å². The van der Waals surface area contributed by atoms with Gasteiger partial charge in [-0.05, 0) is 24.3 Å². The number of anilines is 1. The van der Waals surface area contributed by atoms with Gasteiger partial charge in [0.25, 0.3) is 0 Å². The van der Waals surface area contributed by atoms with E-state index in [1.54, 1.807) is 25.2 Å². The van der Waals surface area contributed by atoms with Crippen molar-refractivity contribution in [2.24, 2.45) is 0 Å². The van der Waals surface area contributed by atoms with Crippen LogP contribution in [0.25, 0.3) is 0 Å². The summed E-state index contributed by atoms with van der Waals surface area (Å²) in [6, 6.07) is 8.08. The van der Waals surface area contributed by atoms with E-state index in [4.69, 9.17) is 0 Å². The topological polar surface area (TPSA) is 84.2 Å². The number of benzene rings is 1. The normalized spacial score (nSPS) is 11.4. The van der Waals surface area contributed by atoms with E-state index in [1.165, 1.54) is 18.4 Å². The Morgan fingerprint density at radius 3 is 2.50 bits per heavy atom. The van der Waals surface area contributed by atoms with Gasteiger partial charge in [0.15, 0.2) is 0 Å². The Kier molecular flexibility index (Phi) is 3.63. The third-order valence-electron chi connectivity index (χ3n) is 2.39. The van der Waals surface area contributed by atoms with E-state index in [9.17, 15) is 8.42 Å². The van der Waals surface area contributed by atoms with Crippen LogP contribution in [0.15, 0.2) is 46.0 Å². The van der Waals surface area contributed by atoms with E-state index in [-0.39, 0.29) is 11.4 Å². The van der Waals surface area contributed by atoms with Crippen LogP contribution in [0.3, 0.4) is 0 Å². The smallest absolute Gasteiger partial charge is 0.240 e. The zero-order valence-electron chi connectivity index (χ0n) is 9.75. The first kappa shape index (κ1) is 12.6. The van der Waals surface area contributed by atoms with Gasteiger partial charge in [-0.3, -0.25) is 0 Å². The Morgan fingerprint density at radius 1 is 1.22 bits per heavy atom. The van der Waals surface area contributed by atoms with E-state index >= 15 is 0 Å². The molecule has 18 heavy (non-hydrogen) atoms. The molecule has 0 unspecified atom stereocenters. The highest BCUT2D eigenvalue weighted by Crippen LogP contribution is 2.13. The van der Waals surface area contributed by atoms with Crippen molar-refractivity contribution in [3.8, 4) is 0 Å². The maximum Gasteiger partial charge on any atom is 0.240 e. The number of rotatable bonds is 5. The van der Waals surface area contributed by atoms with Crippen molar-refractivity contribution in [2.75, 3.05) is 12.4 Å². The molecule has 0 amide bonds. The largest absolute Gasteiger partial charge is 0.388 e. The van der Waals surface area contributed by atoms with Gasteiger partial charge in [-0.25, -0.2) is 13.1 Å². The minimum Gasteiger partial charge on any atom is -0.388 e. The molecule has 96 valence electrons. The molecule has 0 radical (unpaired) electrons. The first-order valence-corrected chi connectivity index (χ1v) is 6.77. The first-order valence-electron chi connectivity index (χ1n) is 5.28. The van der Waals surface area contributed by atoms with Crippen LogP contribution in [0.2, 0.25) is 0 Å². The van der Waals surface area contributed by atoms with Gasteiger partial charge in [0.2, 0.25) is 10.0 Å². The van der Waals surface area contributed by atoms with Crippen LogP contribution in [-0.2, 0) is 16.6 Å². The summed E-state index contributed by atoms with van der Waals surface area (Å²) in [5.41, 5.74) is 1.39. The highest BCUT2D eigenvalue weighted by molar-refractivity contribution is 7.89. The summed E-state index contributed by atoms with van der Waals surface area (Å²) >= 11 is 0. The molecule has 2 rings (SSSR count). The van der Waals surface area contributed by atoms with Crippen molar-refractivity contribution in [1.29, 1.82) is 0 Å². The Balaban J connectivity index is 2.09. The SMILES string of the molecule is CNc1ccc(S(=O)(=O)NCc2ccon2)cc1. The second kappa shape index (κ2) is 5.19. The zero-order chi connectivity index (χ0) is 13.0. The number of hydrogen-bond acceptors (Lipinski definition) is 5. The molecule has 0 saturated heterocycles. The van der Waals surface area contributed by atoms with E-state index < -0.39 is 10.0 Å². The van der Waals surface area contributed by atoms with Gasteiger partial charge in [0.05, 0.1) is 17.1 Å². The van der Waals surface area contributed by atoms with Crippen molar-refractivity contribution in [3.05, 3.63) is 42.3 Å². The lowest BCUT2D eigenvalue weighted by Gasteiger charge is -2.06. The minimum atomic E-state index is -3.52. The number of nitrogens with zero attached hydrogens (tertiary/aromatic N) is 1. The summed E-state index contributed by atoms with van der Waals surface area (Å²) in [4.78, 5) is 0.213. The molecule has 1 heterocycles. The van der Waals surface area contributed by atoms with Crippen LogP contribution in [-0.4, -0.2) is 20.6 Å². The Morgan fingerprint density at radius 2 is 1.94 bits per heavy atom. The van der Waals surface area contributed by atoms with Crippen molar-refractivity contribution >= 4 is 15.7 Å². The molecule has 0 spiro atoms. The average molecular weight is 267 g/mol. The molecule has 2 aromatic rings. The molecule has 1 aromatic heterocycles. The quantitative estimate of drug-likeness (QED) is 0.850. The molecule has 2 N–H and O–H groups in total. The molecule has 0 aliphatic carbocycles. The number of nitrogens with one attached hydrogen (secondary N) is 2. The molecule has 0 aliphatic heterocycles. The molecule has 0 atom stereocenters. The van der Waals surface area contributed by atoms with Gasteiger partial charge >= 0.3 is 0 Å². The van der Waals surface area contributed by atoms with Crippen LogP contribution in [0, 0.1) is 0 Å². The maximum absolute atomic E-state index is 11.9. The van der Waals surface area contributed by atoms with E-state index in [0.717, 1.165) is 5.69 Å². The van der Waals surface area contributed by atoms with E-state index in [2.05, 4.69) is 19.7 Å². The van der Waals surface area contributed by atoms with Crippen LogP contribution >= 0.6 is 0 Å². The van der Waals surface area contributed by atoms with Crippen molar-refractivity contribution < 1.29 is 12.9 Å². The first-order chi connectivity index (χ1) is 8.62. The maximum atomic E-state index is 11.9. The molecule has 1 aromatic carbocycles. The Hall–Kier alpha value is -1.86. The Labute approximate surface area is 105 Å². The highest BCUT2D eigenvalue weighted by atomic mass is 32.2. The van der Waals surface area contributed by atoms with Gasteiger partial charge in [-0.1, -0.05) is 5.16 Å². The van der Waals surface area contributed by atoms with Gasteiger partial charge in [-0.2, -0.15) is 0 Å². The number of hydrogen-bond donors (Lipinski definition) is 2. The lowest BCUT2D eigenvalue weighted by molar-refractivity contribution is 0.411. The lowest BCUT2D eigenvalue weighted by Crippen LogP contribution is -2.23. The van der Waals surface area contributed by atoms with Gasteiger partial charge < -0.3 is 9.84 Å². The summed E-state index contributed by atoms with van der Waals surface area (Å²) in [6.45, 7) is 0.104. The van der Waals surface area contributed by atoms with Gasteiger partial charge in [-0.15, -0.1) is 0 Å².